The number of ketones is 3. The average molecular weight is 936 g/mol. The molecule has 0 aliphatic heterocycles. The molecule has 0 spiro atoms. The third-order valence-corrected chi connectivity index (χ3v) is 10.8. The van der Waals surface area contributed by atoms with E-state index in [2.05, 4.69) is 24.1 Å². The zero-order valence-electron chi connectivity index (χ0n) is 40.4. The van der Waals surface area contributed by atoms with Crippen molar-refractivity contribution in [1.82, 2.24) is 5.32 Å². The van der Waals surface area contributed by atoms with Crippen molar-refractivity contribution in [1.29, 1.82) is 0 Å². The van der Waals surface area contributed by atoms with E-state index in [9.17, 15) is 38.7 Å². The fourth-order valence-electron chi connectivity index (χ4n) is 7.03. The first-order valence-electron chi connectivity index (χ1n) is 23.6. The lowest BCUT2D eigenvalue weighted by atomic mass is 9.82. The van der Waals surface area contributed by atoms with Crippen LogP contribution in [0.3, 0.4) is 0 Å². The molecule has 2 N–H and O–H groups in total. The fraction of sp³-hybridized carbons (Fsp3) is 0.473. The molecule has 0 heterocycles. The minimum atomic E-state index is -2.92. The van der Waals surface area contributed by atoms with Crippen LogP contribution in [0.1, 0.15) is 144 Å². The molecule has 366 valence electrons. The molecule has 0 fully saturated rings. The van der Waals surface area contributed by atoms with Gasteiger partial charge in [0.15, 0.2) is 30.4 Å². The molecule has 3 rings (SSSR count). The van der Waals surface area contributed by atoms with Crippen LogP contribution < -0.4 is 10.1 Å². The minimum Gasteiger partial charge on any atom is -0.481 e. The zero-order chi connectivity index (χ0) is 49.8. The normalized spacial score (nSPS) is 12.9. The molecule has 13 heteroatoms. The lowest BCUT2D eigenvalue weighted by Gasteiger charge is -2.34. The molecule has 0 unspecified atom stereocenters. The highest BCUT2D eigenvalue weighted by Gasteiger charge is 2.51. The van der Waals surface area contributed by atoms with Gasteiger partial charge in [0.05, 0.1) is 12.3 Å². The van der Waals surface area contributed by atoms with Crippen LogP contribution in [-0.2, 0) is 44.6 Å². The summed E-state index contributed by atoms with van der Waals surface area (Å²) < 4.78 is 22.0. The van der Waals surface area contributed by atoms with Gasteiger partial charge in [-0.05, 0) is 71.1 Å². The van der Waals surface area contributed by atoms with Gasteiger partial charge in [0, 0.05) is 30.4 Å². The lowest BCUT2D eigenvalue weighted by Crippen LogP contribution is -2.57. The van der Waals surface area contributed by atoms with E-state index in [0.29, 0.717) is 42.6 Å². The highest BCUT2D eigenvalue weighted by Crippen LogP contribution is 2.30. The second-order valence-corrected chi connectivity index (χ2v) is 17.6. The van der Waals surface area contributed by atoms with Crippen LogP contribution in [-0.4, -0.2) is 83.3 Å². The summed E-state index contributed by atoms with van der Waals surface area (Å²) in [5.41, 5.74) is -3.00. The summed E-state index contributed by atoms with van der Waals surface area (Å²) in [6, 6.07) is 21.5. The molecule has 0 saturated carbocycles. The Morgan fingerprint density at radius 2 is 1.28 bits per heavy atom. The van der Waals surface area contributed by atoms with Crippen molar-refractivity contribution in [3.63, 3.8) is 0 Å². The molecule has 0 bridgehead atoms. The van der Waals surface area contributed by atoms with Gasteiger partial charge in [-0.25, -0.2) is 9.59 Å². The van der Waals surface area contributed by atoms with Crippen molar-refractivity contribution in [3.05, 3.63) is 114 Å². The monoisotopic (exact) mass is 935 g/mol. The zero-order valence-corrected chi connectivity index (χ0v) is 40.4. The van der Waals surface area contributed by atoms with Crippen LogP contribution in [0, 0.1) is 17.8 Å². The number of carbonyl (C=O) groups excluding carboxylic acids is 7. The average Bonchev–Trinajstić information content (AvgIpc) is 3.32. The largest absolute Gasteiger partial charge is 0.481 e. The first-order valence-corrected chi connectivity index (χ1v) is 23.6. The predicted octanol–water partition coefficient (Wildman–Crippen LogP) is 8.87. The summed E-state index contributed by atoms with van der Waals surface area (Å²) in [4.78, 5) is 94.4. The quantitative estimate of drug-likeness (QED) is 0.0156. The summed E-state index contributed by atoms with van der Waals surface area (Å²) in [6.45, 7) is 7.28. The van der Waals surface area contributed by atoms with E-state index in [1.807, 2.05) is 0 Å². The number of rotatable bonds is 31. The van der Waals surface area contributed by atoms with Gasteiger partial charge < -0.3 is 29.4 Å². The number of amides is 1. The van der Waals surface area contributed by atoms with E-state index in [0.717, 1.165) is 44.9 Å². The summed E-state index contributed by atoms with van der Waals surface area (Å²) in [5.74, 6) is -1.12. The number of allylic oxidation sites excluding steroid dienone is 1. The van der Waals surface area contributed by atoms with Crippen molar-refractivity contribution in [2.24, 2.45) is 5.92 Å². The SMILES string of the molecule is CC#CCOc1ccc(C[C@H](NC(=O)[C@@H](/C=C/CCCCCCC(=O)CCCCCCC)[C@@](O)(CC(=O)OCC(=O)c2ccccc2)C(=O)OC(C)(C)C)C(=O)OCC(=O)c2ccccc2)cc1. The number of unbranched alkanes of at least 4 members (excludes halogenated alkanes) is 8. The van der Waals surface area contributed by atoms with Gasteiger partial charge in [-0.15, -0.1) is 5.92 Å². The lowest BCUT2D eigenvalue weighted by molar-refractivity contribution is -0.188. The van der Waals surface area contributed by atoms with Crippen LogP contribution in [0.15, 0.2) is 97.1 Å². The highest BCUT2D eigenvalue weighted by molar-refractivity contribution is 6.00. The van der Waals surface area contributed by atoms with Gasteiger partial charge in [0.1, 0.15) is 29.8 Å². The molecule has 13 nitrogen and oxygen atoms in total. The highest BCUT2D eigenvalue weighted by atomic mass is 16.6. The van der Waals surface area contributed by atoms with Crippen LogP contribution in [0.25, 0.3) is 0 Å². The van der Waals surface area contributed by atoms with Gasteiger partial charge in [-0.1, -0.05) is 136 Å². The summed E-state index contributed by atoms with van der Waals surface area (Å²) in [7, 11) is 0. The number of Topliss-reactive ketones (excluding diaryl/α,β-unsaturated/α-hetero) is 3. The number of nitrogens with one attached hydrogen (secondary N) is 1. The van der Waals surface area contributed by atoms with E-state index in [-0.39, 0.29) is 24.4 Å². The standard InChI is InChI=1S/C55H69NO12/c1-6-8-10-13-22-29-44(57)30-23-14-11-12-15-24-31-46(55(64,53(63)68-54(3,4)5)38-50(60)66-39-48(58)42-25-18-16-19-26-42)51(61)56-47(37-41-32-34-45(35-33-41)65-36-9-7-2)52(62)67-40-49(59)43-27-20-17-21-28-43/h16-21,24-28,31-35,46-47,64H,6,8,10-15,22-23,29-30,36-40H2,1-5H3,(H,56,61)/b31-24+/t46-,47+,55+/m1/s1. The van der Waals surface area contributed by atoms with Crippen molar-refractivity contribution in [2.45, 2.75) is 142 Å². The first kappa shape index (κ1) is 55.9. The molecule has 0 radical (unpaired) electrons. The Hall–Kier alpha value is -6.39. The summed E-state index contributed by atoms with van der Waals surface area (Å²) >= 11 is 0. The maximum atomic E-state index is 14.7. The Morgan fingerprint density at radius 1 is 0.721 bits per heavy atom. The van der Waals surface area contributed by atoms with Crippen LogP contribution in [0.5, 0.6) is 5.75 Å². The van der Waals surface area contributed by atoms with Crippen LogP contribution >= 0.6 is 0 Å². The molecular formula is C55H69NO12. The summed E-state index contributed by atoms with van der Waals surface area (Å²) in [5, 5.41) is 15.1. The first-order chi connectivity index (χ1) is 32.6. The number of esters is 3. The van der Waals surface area contributed by atoms with Gasteiger partial charge >= 0.3 is 17.9 Å². The fourth-order valence-corrected chi connectivity index (χ4v) is 7.03. The van der Waals surface area contributed by atoms with E-state index in [1.165, 1.54) is 24.6 Å². The van der Waals surface area contributed by atoms with Crippen LogP contribution in [0.2, 0.25) is 0 Å². The Bertz CT molecular complexity index is 2170. The second-order valence-electron chi connectivity index (χ2n) is 17.6. The van der Waals surface area contributed by atoms with Gasteiger partial charge in [-0.3, -0.25) is 24.0 Å². The molecule has 3 aromatic carbocycles. The Morgan fingerprint density at radius 3 is 1.84 bits per heavy atom. The van der Waals surface area contributed by atoms with Gasteiger partial charge in [0.25, 0.3) is 0 Å². The van der Waals surface area contributed by atoms with Crippen molar-refractivity contribution in [2.75, 3.05) is 19.8 Å². The molecular weight excluding hydrogens is 867 g/mol. The Balaban J connectivity index is 1.92. The predicted molar refractivity (Wildman–Crippen MR) is 259 cm³/mol. The smallest absolute Gasteiger partial charge is 0.340 e. The summed E-state index contributed by atoms with van der Waals surface area (Å²) in [6.07, 6.45) is 11.5. The molecule has 3 atom stereocenters. The molecule has 1 amide bonds. The second kappa shape index (κ2) is 30.1. The Kier molecular flexibility index (Phi) is 24.7. The number of ether oxygens (including phenoxy) is 4. The van der Waals surface area contributed by atoms with Crippen molar-refractivity contribution < 1.29 is 57.6 Å². The Labute approximate surface area is 401 Å². The number of hydrogen-bond acceptors (Lipinski definition) is 12. The van der Waals surface area contributed by atoms with E-state index >= 15 is 0 Å². The van der Waals surface area contributed by atoms with E-state index in [1.54, 1.807) is 107 Å². The molecule has 0 aliphatic carbocycles. The molecule has 68 heavy (non-hydrogen) atoms. The molecule has 0 saturated heterocycles. The third kappa shape index (κ3) is 21.1. The number of hydrogen-bond donors (Lipinski definition) is 2. The number of aliphatic hydroxyl groups is 1. The topological polar surface area (TPSA) is 189 Å². The molecule has 0 aliphatic rings. The minimum absolute atomic E-state index is 0.156. The molecule has 3 aromatic rings. The van der Waals surface area contributed by atoms with Gasteiger partial charge in [0.2, 0.25) is 5.91 Å². The maximum absolute atomic E-state index is 14.7. The van der Waals surface area contributed by atoms with Gasteiger partial charge in [-0.2, -0.15) is 0 Å². The maximum Gasteiger partial charge on any atom is 0.340 e. The number of carbonyl (C=O) groups is 7. The van der Waals surface area contributed by atoms with Crippen molar-refractivity contribution >= 4 is 41.2 Å². The third-order valence-electron chi connectivity index (χ3n) is 10.8. The molecule has 0 aromatic heterocycles. The van der Waals surface area contributed by atoms with Crippen LogP contribution in [0.4, 0.5) is 0 Å². The van der Waals surface area contributed by atoms with E-state index < -0.39 is 78.2 Å². The van der Waals surface area contributed by atoms with Crippen molar-refractivity contribution in [3.8, 4) is 17.6 Å². The van der Waals surface area contributed by atoms with E-state index in [4.69, 9.17) is 18.9 Å². The number of benzene rings is 3.